The second-order valence-corrected chi connectivity index (χ2v) is 7.62. The van der Waals surface area contributed by atoms with Crippen molar-refractivity contribution < 1.29 is 18.0 Å². The molecule has 0 atom stereocenters. The molecule has 4 rings (SSSR count). The number of aryl methyl sites for hydroxylation is 1. The van der Waals surface area contributed by atoms with Crippen LogP contribution in [0.1, 0.15) is 11.3 Å². The van der Waals surface area contributed by atoms with E-state index in [1.165, 1.54) is 0 Å². The number of carbonyl (C=O) groups excluding carboxylic acids is 1. The molecule has 1 aromatic carbocycles. The number of alkyl halides is 3. The number of hydrogen-bond acceptors (Lipinski definition) is 6. The number of benzene rings is 1. The fourth-order valence-corrected chi connectivity index (χ4v) is 3.45. The van der Waals surface area contributed by atoms with Crippen LogP contribution in [0.15, 0.2) is 48.8 Å². The first-order valence-corrected chi connectivity index (χ1v) is 9.93. The van der Waals surface area contributed by atoms with Crippen molar-refractivity contribution >= 4 is 23.4 Å². The molecule has 0 spiro atoms. The average molecular weight is 442 g/mol. The Morgan fingerprint density at radius 2 is 1.78 bits per heavy atom. The molecule has 0 bridgehead atoms. The first-order valence-electron chi connectivity index (χ1n) is 9.93. The Morgan fingerprint density at radius 3 is 2.53 bits per heavy atom. The number of amides is 1. The van der Waals surface area contributed by atoms with E-state index in [1.807, 2.05) is 36.1 Å². The van der Waals surface area contributed by atoms with Crippen molar-refractivity contribution in [3.05, 3.63) is 60.0 Å². The third-order valence-corrected chi connectivity index (χ3v) is 5.14. The lowest BCUT2D eigenvalue weighted by atomic mass is 10.0. The number of piperazine rings is 1. The van der Waals surface area contributed by atoms with Gasteiger partial charge in [0.05, 0.1) is 6.54 Å². The minimum absolute atomic E-state index is 0.0339. The van der Waals surface area contributed by atoms with Crippen molar-refractivity contribution in [1.29, 1.82) is 0 Å². The van der Waals surface area contributed by atoms with E-state index in [4.69, 9.17) is 0 Å². The minimum Gasteiger partial charge on any atom is -0.346 e. The zero-order valence-electron chi connectivity index (χ0n) is 17.5. The molecule has 166 valence electrons. The largest absolute Gasteiger partial charge is 0.433 e. The van der Waals surface area contributed by atoms with Gasteiger partial charge in [0.2, 0.25) is 11.9 Å². The summed E-state index contributed by atoms with van der Waals surface area (Å²) < 4.78 is 38.8. The zero-order valence-corrected chi connectivity index (χ0v) is 17.5. The van der Waals surface area contributed by atoms with Crippen LogP contribution in [-0.2, 0) is 11.0 Å². The second-order valence-electron chi connectivity index (χ2n) is 7.62. The summed E-state index contributed by atoms with van der Waals surface area (Å²) in [6, 6.07) is 10.2. The molecule has 7 nitrogen and oxygen atoms in total. The normalized spacial score (nSPS) is 14.6. The number of likely N-dealkylation sites (N-methyl/N-ethyl adjacent to an activating group) is 1. The van der Waals surface area contributed by atoms with Crippen LogP contribution in [0, 0.1) is 6.92 Å². The highest BCUT2D eigenvalue weighted by atomic mass is 19.4. The summed E-state index contributed by atoms with van der Waals surface area (Å²) in [5.74, 6) is 0.593. The van der Waals surface area contributed by atoms with E-state index in [0.29, 0.717) is 24.6 Å². The topological polar surface area (TPSA) is 74.2 Å². The van der Waals surface area contributed by atoms with Gasteiger partial charge >= 0.3 is 6.18 Å². The summed E-state index contributed by atoms with van der Waals surface area (Å²) in [6.45, 7) is 3.47. The molecule has 3 aromatic rings. The van der Waals surface area contributed by atoms with Crippen molar-refractivity contribution in [1.82, 2.24) is 19.9 Å². The molecule has 1 aliphatic heterocycles. The molecule has 0 radical (unpaired) electrons. The Balaban J connectivity index is 1.60. The molecule has 0 aliphatic carbocycles. The van der Waals surface area contributed by atoms with Crippen LogP contribution in [0.2, 0.25) is 0 Å². The maximum absolute atomic E-state index is 12.9. The smallest absolute Gasteiger partial charge is 0.346 e. The average Bonchev–Trinajstić information content (AvgIpc) is 2.75. The predicted octanol–water partition coefficient (Wildman–Crippen LogP) is 3.89. The highest BCUT2D eigenvalue weighted by Gasteiger charge is 2.32. The van der Waals surface area contributed by atoms with Gasteiger partial charge < -0.3 is 15.1 Å². The quantitative estimate of drug-likeness (QED) is 0.661. The monoisotopic (exact) mass is 442 g/mol. The first-order chi connectivity index (χ1) is 15.2. The fraction of sp³-hybridized carbons (Fsp3) is 0.273. The maximum Gasteiger partial charge on any atom is 0.433 e. The lowest BCUT2D eigenvalue weighted by Gasteiger charge is -2.32. The molecule has 0 unspecified atom stereocenters. The first kappa shape index (κ1) is 21.5. The van der Waals surface area contributed by atoms with Crippen LogP contribution in [-0.4, -0.2) is 52.4 Å². The molecule has 1 aliphatic rings. The molecule has 32 heavy (non-hydrogen) atoms. The summed E-state index contributed by atoms with van der Waals surface area (Å²) in [5, 5.41) is 2.86. The van der Waals surface area contributed by atoms with Crippen molar-refractivity contribution in [2.45, 2.75) is 13.1 Å². The molecule has 2 aromatic heterocycles. The summed E-state index contributed by atoms with van der Waals surface area (Å²) in [4.78, 5) is 27.5. The van der Waals surface area contributed by atoms with E-state index < -0.39 is 11.9 Å². The van der Waals surface area contributed by atoms with Gasteiger partial charge in [-0.3, -0.25) is 4.79 Å². The van der Waals surface area contributed by atoms with Crippen LogP contribution in [0.25, 0.3) is 11.1 Å². The number of hydrogen-bond donors (Lipinski definition) is 1. The maximum atomic E-state index is 12.9. The summed E-state index contributed by atoms with van der Waals surface area (Å²) in [7, 11) is 1.78. The van der Waals surface area contributed by atoms with Gasteiger partial charge in [0.15, 0.2) is 0 Å². The fourth-order valence-electron chi connectivity index (χ4n) is 3.45. The van der Waals surface area contributed by atoms with Crippen molar-refractivity contribution in [3.8, 4) is 11.1 Å². The Hall–Kier alpha value is -3.69. The summed E-state index contributed by atoms with van der Waals surface area (Å²) in [5.41, 5.74) is 2.18. The highest BCUT2D eigenvalue weighted by molar-refractivity contribution is 5.82. The number of carbonyl (C=O) groups is 1. The molecule has 1 amide bonds. The van der Waals surface area contributed by atoms with Crippen molar-refractivity contribution in [2.75, 3.05) is 36.9 Å². The van der Waals surface area contributed by atoms with Crippen molar-refractivity contribution in [2.24, 2.45) is 0 Å². The molecular weight excluding hydrogens is 421 g/mol. The number of pyridine rings is 1. The summed E-state index contributed by atoms with van der Waals surface area (Å²) in [6.07, 6.45) is -1.80. The Morgan fingerprint density at radius 1 is 1.00 bits per heavy atom. The summed E-state index contributed by atoms with van der Waals surface area (Å²) >= 11 is 0. The van der Waals surface area contributed by atoms with Gasteiger partial charge in [0.1, 0.15) is 11.5 Å². The second kappa shape index (κ2) is 8.45. The molecule has 1 fully saturated rings. The van der Waals surface area contributed by atoms with Gasteiger partial charge in [-0.25, -0.2) is 15.0 Å². The van der Waals surface area contributed by atoms with E-state index in [9.17, 15) is 18.0 Å². The van der Waals surface area contributed by atoms with E-state index in [2.05, 4.69) is 20.3 Å². The molecule has 1 saturated heterocycles. The molecule has 10 heteroatoms. The Labute approximate surface area is 182 Å². The van der Waals surface area contributed by atoms with Crippen LogP contribution < -0.4 is 10.2 Å². The number of nitrogens with zero attached hydrogens (tertiary/aromatic N) is 5. The minimum atomic E-state index is -4.55. The van der Waals surface area contributed by atoms with Gasteiger partial charge in [0.25, 0.3) is 0 Å². The number of nitrogens with one attached hydrogen (secondary N) is 1. The zero-order chi connectivity index (χ0) is 22.9. The standard InChI is InChI=1S/C22H21F3N6O/c1-14-9-16(11-17(10-14)28-21-27-6-4-18(29-21)22(23,24)25)15-3-5-26-19(12-15)31-8-7-30(2)20(32)13-31/h3-6,9-12H,7-8,13H2,1-2H3,(H,27,28,29). The van der Waals surface area contributed by atoms with Gasteiger partial charge in [-0.2, -0.15) is 13.2 Å². The lowest BCUT2D eigenvalue weighted by molar-refractivity contribution is -0.141. The van der Waals surface area contributed by atoms with Gasteiger partial charge in [0, 0.05) is 38.2 Å². The molecule has 1 N–H and O–H groups in total. The predicted molar refractivity (Wildman–Crippen MR) is 115 cm³/mol. The van der Waals surface area contributed by atoms with E-state index in [-0.39, 0.29) is 18.4 Å². The SMILES string of the molecule is Cc1cc(Nc2nccc(C(F)(F)F)n2)cc(-c2ccnc(N3CCN(C)C(=O)C3)c2)c1. The van der Waals surface area contributed by atoms with Crippen LogP contribution in [0.5, 0.6) is 0 Å². The van der Waals surface area contributed by atoms with Gasteiger partial charge in [-0.15, -0.1) is 0 Å². The lowest BCUT2D eigenvalue weighted by Crippen LogP contribution is -2.48. The van der Waals surface area contributed by atoms with E-state index >= 15 is 0 Å². The van der Waals surface area contributed by atoms with Crippen LogP contribution in [0.4, 0.5) is 30.6 Å². The highest BCUT2D eigenvalue weighted by Crippen LogP contribution is 2.30. The third kappa shape index (κ3) is 4.79. The molecular formula is C22H21F3N6O. The number of halogens is 3. The Bertz CT molecular complexity index is 1150. The Kier molecular flexibility index (Phi) is 5.68. The number of anilines is 3. The van der Waals surface area contributed by atoms with E-state index in [0.717, 1.165) is 29.0 Å². The van der Waals surface area contributed by atoms with E-state index in [1.54, 1.807) is 24.2 Å². The molecule has 0 saturated carbocycles. The van der Waals surface area contributed by atoms with Crippen molar-refractivity contribution in [3.63, 3.8) is 0 Å². The van der Waals surface area contributed by atoms with Crippen LogP contribution >= 0.6 is 0 Å². The van der Waals surface area contributed by atoms with Crippen LogP contribution in [0.3, 0.4) is 0 Å². The third-order valence-electron chi connectivity index (χ3n) is 5.14. The number of aromatic nitrogens is 3. The number of rotatable bonds is 4. The van der Waals surface area contributed by atoms with Gasteiger partial charge in [-0.1, -0.05) is 6.07 Å². The molecule has 3 heterocycles. The van der Waals surface area contributed by atoms with Gasteiger partial charge in [-0.05, 0) is 53.9 Å².